The van der Waals surface area contributed by atoms with Crippen molar-refractivity contribution < 1.29 is 0 Å². The third kappa shape index (κ3) is 6.55. The first kappa shape index (κ1) is 14.1. The van der Waals surface area contributed by atoms with Crippen LogP contribution in [0.2, 0.25) is 0 Å². The van der Waals surface area contributed by atoms with Gasteiger partial charge in [0.1, 0.15) is 0 Å². The molecule has 1 radical (unpaired) electrons. The van der Waals surface area contributed by atoms with Gasteiger partial charge in [-0.05, 0) is 24.7 Å². The van der Waals surface area contributed by atoms with Crippen LogP contribution in [0.3, 0.4) is 0 Å². The van der Waals surface area contributed by atoms with E-state index < -0.39 is 0 Å². The van der Waals surface area contributed by atoms with E-state index in [1.807, 2.05) is 0 Å². The van der Waals surface area contributed by atoms with Crippen LogP contribution in [0.15, 0.2) is 0 Å². The van der Waals surface area contributed by atoms with E-state index >= 15 is 0 Å². The van der Waals surface area contributed by atoms with Gasteiger partial charge in [-0.2, -0.15) is 0 Å². The molecular formula is C16H31. The van der Waals surface area contributed by atoms with Gasteiger partial charge < -0.3 is 0 Å². The standard InChI is InChI=1S/C16H31/c1-3-5-7-8-10-12-15(16-13-14-16)11-9-6-4-2/h15-16H,1,3-14H2,2H3. The van der Waals surface area contributed by atoms with Gasteiger partial charge in [-0.25, -0.2) is 0 Å². The Hall–Kier alpha value is 0. The SMILES string of the molecule is [CH2]CCCCCCC(CCCCC)C1CC1. The molecule has 0 bridgehead atoms. The van der Waals surface area contributed by atoms with Crippen LogP contribution in [-0.4, -0.2) is 0 Å². The maximum absolute atomic E-state index is 3.91. The molecule has 1 rings (SSSR count). The highest BCUT2D eigenvalue weighted by Gasteiger charge is 2.29. The smallest absolute Gasteiger partial charge is 0.0386 e. The Bertz CT molecular complexity index is 146. The molecule has 0 nitrogen and oxygen atoms in total. The fraction of sp³-hybridized carbons (Fsp3) is 0.938. The molecule has 0 aromatic heterocycles. The van der Waals surface area contributed by atoms with Gasteiger partial charge in [0.15, 0.2) is 0 Å². The highest BCUT2D eigenvalue weighted by molar-refractivity contribution is 4.81. The molecular weight excluding hydrogens is 192 g/mol. The Kier molecular flexibility index (Phi) is 7.98. The first-order chi connectivity index (χ1) is 7.88. The maximum atomic E-state index is 3.91. The third-order valence-electron chi connectivity index (χ3n) is 4.04. The second-order valence-corrected chi connectivity index (χ2v) is 5.65. The molecule has 1 saturated carbocycles. The van der Waals surface area contributed by atoms with E-state index in [1.54, 1.807) is 0 Å². The number of hydrogen-bond acceptors (Lipinski definition) is 0. The van der Waals surface area contributed by atoms with Crippen molar-refractivity contribution in [2.45, 2.75) is 84.0 Å². The number of hydrogen-bond donors (Lipinski definition) is 0. The lowest BCUT2D eigenvalue weighted by molar-refractivity contribution is 0.366. The van der Waals surface area contributed by atoms with Crippen molar-refractivity contribution in [3.8, 4) is 0 Å². The summed E-state index contributed by atoms with van der Waals surface area (Å²) in [5.41, 5.74) is 0. The minimum Gasteiger partial charge on any atom is -0.0654 e. The molecule has 0 saturated heterocycles. The molecule has 1 atom stereocenters. The Morgan fingerprint density at radius 3 is 2.12 bits per heavy atom. The zero-order chi connectivity index (χ0) is 11.6. The van der Waals surface area contributed by atoms with Crippen LogP contribution in [0.5, 0.6) is 0 Å². The quantitative estimate of drug-likeness (QED) is 0.390. The summed E-state index contributed by atoms with van der Waals surface area (Å²) in [5, 5.41) is 0. The fourth-order valence-electron chi connectivity index (χ4n) is 2.78. The van der Waals surface area contributed by atoms with E-state index in [2.05, 4.69) is 13.8 Å². The lowest BCUT2D eigenvalue weighted by Gasteiger charge is -2.15. The second kappa shape index (κ2) is 9.07. The summed E-state index contributed by atoms with van der Waals surface area (Å²) >= 11 is 0. The topological polar surface area (TPSA) is 0 Å². The van der Waals surface area contributed by atoms with E-state index in [9.17, 15) is 0 Å². The highest BCUT2D eigenvalue weighted by atomic mass is 14.3. The average Bonchev–Trinajstić information content (AvgIpc) is 3.10. The van der Waals surface area contributed by atoms with Gasteiger partial charge in [0.25, 0.3) is 0 Å². The van der Waals surface area contributed by atoms with E-state index in [0.29, 0.717) is 0 Å². The Labute approximate surface area is 103 Å². The minimum atomic E-state index is 1.09. The maximum Gasteiger partial charge on any atom is -0.0386 e. The molecule has 0 aromatic carbocycles. The van der Waals surface area contributed by atoms with Gasteiger partial charge in [0, 0.05) is 0 Å². The van der Waals surface area contributed by atoms with Crippen molar-refractivity contribution >= 4 is 0 Å². The van der Waals surface area contributed by atoms with Crippen molar-refractivity contribution in [3.63, 3.8) is 0 Å². The minimum absolute atomic E-state index is 1.09. The highest BCUT2D eigenvalue weighted by Crippen LogP contribution is 2.41. The monoisotopic (exact) mass is 223 g/mol. The molecule has 16 heavy (non-hydrogen) atoms. The summed E-state index contributed by atoms with van der Waals surface area (Å²) in [6.45, 7) is 6.22. The van der Waals surface area contributed by atoms with Gasteiger partial charge in [0.05, 0.1) is 0 Å². The van der Waals surface area contributed by atoms with Crippen molar-refractivity contribution in [1.29, 1.82) is 0 Å². The number of unbranched alkanes of at least 4 members (excludes halogenated alkanes) is 6. The van der Waals surface area contributed by atoms with Crippen molar-refractivity contribution in [2.24, 2.45) is 11.8 Å². The van der Waals surface area contributed by atoms with Gasteiger partial charge in [-0.1, -0.05) is 78.1 Å². The molecule has 1 unspecified atom stereocenters. The normalized spacial score (nSPS) is 17.6. The zero-order valence-corrected chi connectivity index (χ0v) is 11.3. The summed E-state index contributed by atoms with van der Waals surface area (Å²) in [6, 6.07) is 0. The average molecular weight is 223 g/mol. The van der Waals surface area contributed by atoms with Crippen molar-refractivity contribution in [3.05, 3.63) is 6.92 Å². The van der Waals surface area contributed by atoms with E-state index in [1.165, 1.54) is 70.6 Å². The van der Waals surface area contributed by atoms with Crippen molar-refractivity contribution in [1.82, 2.24) is 0 Å². The first-order valence-corrected chi connectivity index (χ1v) is 7.67. The molecule has 95 valence electrons. The Morgan fingerprint density at radius 2 is 1.56 bits per heavy atom. The molecule has 1 aliphatic rings. The molecule has 1 fully saturated rings. The lowest BCUT2D eigenvalue weighted by Crippen LogP contribution is -2.03. The van der Waals surface area contributed by atoms with Gasteiger partial charge >= 0.3 is 0 Å². The molecule has 0 N–H and O–H groups in total. The summed E-state index contributed by atoms with van der Waals surface area (Å²) in [5.74, 6) is 2.22. The van der Waals surface area contributed by atoms with E-state index in [0.717, 1.165) is 18.3 Å². The molecule has 0 aliphatic heterocycles. The van der Waals surface area contributed by atoms with Crippen LogP contribution in [0, 0.1) is 18.8 Å². The first-order valence-electron chi connectivity index (χ1n) is 7.67. The Balaban J connectivity index is 1.99. The van der Waals surface area contributed by atoms with Gasteiger partial charge in [0.2, 0.25) is 0 Å². The molecule has 0 heteroatoms. The van der Waals surface area contributed by atoms with Crippen LogP contribution in [0.25, 0.3) is 0 Å². The molecule has 0 amide bonds. The van der Waals surface area contributed by atoms with Crippen LogP contribution in [0.4, 0.5) is 0 Å². The largest absolute Gasteiger partial charge is 0.0654 e. The predicted octanol–water partition coefficient (Wildman–Crippen LogP) is 5.77. The van der Waals surface area contributed by atoms with Crippen LogP contribution in [-0.2, 0) is 0 Å². The second-order valence-electron chi connectivity index (χ2n) is 5.65. The van der Waals surface area contributed by atoms with E-state index in [4.69, 9.17) is 0 Å². The van der Waals surface area contributed by atoms with Crippen LogP contribution >= 0.6 is 0 Å². The van der Waals surface area contributed by atoms with Gasteiger partial charge in [-0.3, -0.25) is 0 Å². The third-order valence-corrected chi connectivity index (χ3v) is 4.04. The fourth-order valence-corrected chi connectivity index (χ4v) is 2.78. The molecule has 0 spiro atoms. The summed E-state index contributed by atoms with van der Waals surface area (Å²) < 4.78 is 0. The van der Waals surface area contributed by atoms with Gasteiger partial charge in [-0.15, -0.1) is 0 Å². The summed E-state index contributed by atoms with van der Waals surface area (Å²) in [7, 11) is 0. The predicted molar refractivity (Wildman–Crippen MR) is 73.4 cm³/mol. The lowest BCUT2D eigenvalue weighted by atomic mass is 9.90. The van der Waals surface area contributed by atoms with Crippen LogP contribution < -0.4 is 0 Å². The van der Waals surface area contributed by atoms with Crippen molar-refractivity contribution in [2.75, 3.05) is 0 Å². The Morgan fingerprint density at radius 1 is 0.938 bits per heavy atom. The number of rotatable bonds is 11. The zero-order valence-electron chi connectivity index (χ0n) is 11.3. The molecule has 1 aliphatic carbocycles. The summed E-state index contributed by atoms with van der Waals surface area (Å²) in [4.78, 5) is 0. The van der Waals surface area contributed by atoms with E-state index in [-0.39, 0.29) is 0 Å². The van der Waals surface area contributed by atoms with Crippen LogP contribution in [0.1, 0.15) is 84.0 Å². The molecule has 0 aromatic rings. The summed E-state index contributed by atoms with van der Waals surface area (Å²) in [6.07, 6.45) is 17.2. The molecule has 0 heterocycles.